The number of nitrogens with one attached hydrogen (secondary N) is 1. The third kappa shape index (κ3) is 5.05. The van der Waals surface area contributed by atoms with Crippen molar-refractivity contribution in [1.82, 2.24) is 20.1 Å². The van der Waals surface area contributed by atoms with Gasteiger partial charge in [0.1, 0.15) is 0 Å². The molecule has 2 heterocycles. The molecule has 31 heavy (non-hydrogen) atoms. The Balaban J connectivity index is 1.55. The molecule has 0 bridgehead atoms. The summed E-state index contributed by atoms with van der Waals surface area (Å²) in [5.74, 6) is 0.761. The number of amides is 1. The van der Waals surface area contributed by atoms with Gasteiger partial charge >= 0.3 is 0 Å². The van der Waals surface area contributed by atoms with Gasteiger partial charge in [-0.05, 0) is 50.5 Å². The maximum absolute atomic E-state index is 12.9. The average molecular weight is 456 g/mol. The van der Waals surface area contributed by atoms with Crippen LogP contribution in [-0.2, 0) is 4.79 Å². The van der Waals surface area contributed by atoms with Gasteiger partial charge in [-0.3, -0.25) is 9.36 Å². The zero-order chi connectivity index (χ0) is 21.8. The Morgan fingerprint density at radius 2 is 1.81 bits per heavy atom. The summed E-state index contributed by atoms with van der Waals surface area (Å²) in [5, 5.41) is 13.0. The first-order valence-corrected chi connectivity index (χ1v) is 11.8. The Morgan fingerprint density at radius 3 is 2.52 bits per heavy atom. The molecular weight excluding hydrogens is 430 g/mol. The van der Waals surface area contributed by atoms with Gasteiger partial charge in [0.2, 0.25) is 11.9 Å². The molecule has 2 atom stereocenters. The number of benzene rings is 2. The first kappa shape index (κ1) is 21.7. The number of nitrogens with zero attached hydrogens (tertiary/aromatic N) is 4. The molecule has 3 aromatic rings. The van der Waals surface area contributed by atoms with Crippen LogP contribution in [0.5, 0.6) is 0 Å². The number of thioether (sulfide) groups is 1. The minimum atomic E-state index is -0.334. The number of carbonyl (C=O) groups is 1. The molecule has 4 rings (SSSR count). The topological polar surface area (TPSA) is 63.1 Å². The van der Waals surface area contributed by atoms with E-state index in [2.05, 4.69) is 20.4 Å². The normalized spacial score (nSPS) is 15.6. The lowest BCUT2D eigenvalue weighted by Crippen LogP contribution is -2.33. The zero-order valence-electron chi connectivity index (χ0n) is 17.7. The van der Waals surface area contributed by atoms with E-state index in [9.17, 15) is 4.79 Å². The highest BCUT2D eigenvalue weighted by atomic mass is 35.5. The van der Waals surface area contributed by atoms with Crippen molar-refractivity contribution in [2.45, 2.75) is 43.1 Å². The van der Waals surface area contributed by atoms with Crippen molar-refractivity contribution < 1.29 is 4.79 Å². The summed E-state index contributed by atoms with van der Waals surface area (Å²) in [6.45, 7) is 5.79. The van der Waals surface area contributed by atoms with Crippen LogP contribution in [0.2, 0.25) is 5.02 Å². The molecule has 0 spiro atoms. The Labute approximate surface area is 192 Å². The first-order chi connectivity index (χ1) is 15.0. The van der Waals surface area contributed by atoms with Crippen LogP contribution in [-0.4, -0.2) is 39.0 Å². The van der Waals surface area contributed by atoms with Gasteiger partial charge < -0.3 is 10.2 Å². The van der Waals surface area contributed by atoms with Crippen LogP contribution in [0.1, 0.15) is 38.3 Å². The van der Waals surface area contributed by atoms with E-state index in [0.29, 0.717) is 10.2 Å². The summed E-state index contributed by atoms with van der Waals surface area (Å²) >= 11 is 7.66. The quantitative estimate of drug-likeness (QED) is 0.514. The molecule has 1 N–H and O–H groups in total. The molecule has 1 aromatic heterocycles. The maximum atomic E-state index is 12.9. The molecule has 8 heteroatoms. The van der Waals surface area contributed by atoms with Gasteiger partial charge in [-0.25, -0.2) is 0 Å². The second-order valence-corrected chi connectivity index (χ2v) is 9.44. The lowest BCUT2D eigenvalue weighted by molar-refractivity contribution is -0.120. The summed E-state index contributed by atoms with van der Waals surface area (Å²) in [6.07, 6.45) is 2.28. The van der Waals surface area contributed by atoms with E-state index in [1.807, 2.05) is 73.0 Å². The molecule has 162 valence electrons. The molecule has 1 saturated heterocycles. The fraction of sp³-hybridized carbons (Fsp3) is 0.348. The summed E-state index contributed by atoms with van der Waals surface area (Å²) in [6, 6.07) is 17.5. The molecule has 1 amide bonds. The fourth-order valence-electron chi connectivity index (χ4n) is 3.67. The van der Waals surface area contributed by atoms with Crippen molar-refractivity contribution >= 4 is 35.2 Å². The van der Waals surface area contributed by atoms with E-state index in [4.69, 9.17) is 11.6 Å². The number of anilines is 1. The van der Waals surface area contributed by atoms with Crippen LogP contribution in [0.15, 0.2) is 59.8 Å². The predicted octanol–water partition coefficient (Wildman–Crippen LogP) is 4.88. The second kappa shape index (κ2) is 9.75. The zero-order valence-corrected chi connectivity index (χ0v) is 19.2. The summed E-state index contributed by atoms with van der Waals surface area (Å²) in [5.41, 5.74) is 1.97. The van der Waals surface area contributed by atoms with Gasteiger partial charge in [-0.15, -0.1) is 10.2 Å². The number of hydrogen-bond acceptors (Lipinski definition) is 5. The number of hydrogen-bond donors (Lipinski definition) is 1. The van der Waals surface area contributed by atoms with E-state index in [-0.39, 0.29) is 17.2 Å². The average Bonchev–Trinajstić information content (AvgIpc) is 3.44. The second-order valence-electron chi connectivity index (χ2n) is 7.69. The Morgan fingerprint density at radius 1 is 1.06 bits per heavy atom. The molecule has 1 fully saturated rings. The highest BCUT2D eigenvalue weighted by molar-refractivity contribution is 8.00. The third-order valence-corrected chi connectivity index (χ3v) is 6.66. The van der Waals surface area contributed by atoms with Crippen LogP contribution in [0, 0.1) is 0 Å². The molecule has 2 aromatic carbocycles. The van der Waals surface area contributed by atoms with Crippen molar-refractivity contribution in [3.8, 4) is 5.69 Å². The number of halogens is 1. The first-order valence-electron chi connectivity index (χ1n) is 10.5. The molecule has 0 aliphatic carbocycles. The third-order valence-electron chi connectivity index (χ3n) is 5.38. The van der Waals surface area contributed by atoms with Crippen LogP contribution in [0.4, 0.5) is 5.95 Å². The van der Waals surface area contributed by atoms with Gasteiger partial charge in [0.15, 0.2) is 5.16 Å². The van der Waals surface area contributed by atoms with Gasteiger partial charge in [-0.2, -0.15) is 0 Å². The minimum Gasteiger partial charge on any atom is -0.349 e. The van der Waals surface area contributed by atoms with Gasteiger partial charge in [0, 0.05) is 18.1 Å². The van der Waals surface area contributed by atoms with Crippen LogP contribution in [0.3, 0.4) is 0 Å². The highest BCUT2D eigenvalue weighted by Gasteiger charge is 2.26. The minimum absolute atomic E-state index is 0.0373. The smallest absolute Gasteiger partial charge is 0.233 e. The molecule has 2 unspecified atom stereocenters. The molecule has 0 saturated carbocycles. The van der Waals surface area contributed by atoms with Crippen molar-refractivity contribution in [2.75, 3.05) is 18.0 Å². The number of aromatic nitrogens is 3. The van der Waals surface area contributed by atoms with E-state index in [1.165, 1.54) is 11.8 Å². The molecule has 1 aliphatic rings. The van der Waals surface area contributed by atoms with Gasteiger partial charge in [-0.1, -0.05) is 59.8 Å². The SMILES string of the molecule is CC(Sc1nnc(N2CCCC2)n1-c1cccc(Cl)c1)C(=O)NC(C)c1ccccc1. The number of carbonyl (C=O) groups excluding carboxylic acids is 1. The maximum Gasteiger partial charge on any atom is 0.233 e. The largest absolute Gasteiger partial charge is 0.349 e. The summed E-state index contributed by atoms with van der Waals surface area (Å²) in [4.78, 5) is 15.1. The van der Waals surface area contributed by atoms with Crippen LogP contribution in [0.25, 0.3) is 5.69 Å². The van der Waals surface area contributed by atoms with Crippen molar-refractivity contribution in [3.05, 3.63) is 65.2 Å². The van der Waals surface area contributed by atoms with Crippen molar-refractivity contribution in [3.63, 3.8) is 0 Å². The van der Waals surface area contributed by atoms with Gasteiger partial charge in [0.05, 0.1) is 17.0 Å². The van der Waals surface area contributed by atoms with E-state index < -0.39 is 0 Å². The monoisotopic (exact) mass is 455 g/mol. The van der Waals surface area contributed by atoms with Crippen LogP contribution >= 0.6 is 23.4 Å². The predicted molar refractivity (Wildman–Crippen MR) is 126 cm³/mol. The standard InChI is InChI=1S/C23H26ClN5OS/c1-16(18-9-4-3-5-10-18)25-21(30)17(2)31-23-27-26-22(28-13-6-7-14-28)29(23)20-12-8-11-19(24)15-20/h3-5,8-12,15-17H,6-7,13-14H2,1-2H3,(H,25,30). The van der Waals surface area contributed by atoms with Crippen LogP contribution < -0.4 is 10.2 Å². The van der Waals surface area contributed by atoms with Crippen molar-refractivity contribution in [2.24, 2.45) is 0 Å². The molecule has 6 nitrogen and oxygen atoms in total. The Kier molecular flexibility index (Phi) is 6.83. The highest BCUT2D eigenvalue weighted by Crippen LogP contribution is 2.31. The van der Waals surface area contributed by atoms with Gasteiger partial charge in [0.25, 0.3) is 0 Å². The fourth-order valence-corrected chi connectivity index (χ4v) is 4.73. The summed E-state index contributed by atoms with van der Waals surface area (Å²) < 4.78 is 2.01. The molecule has 1 aliphatic heterocycles. The Bertz CT molecular complexity index is 1040. The van der Waals surface area contributed by atoms with Crippen molar-refractivity contribution in [1.29, 1.82) is 0 Å². The molecular formula is C23H26ClN5OS. The van der Waals surface area contributed by atoms with E-state index in [0.717, 1.165) is 43.1 Å². The summed E-state index contributed by atoms with van der Waals surface area (Å²) in [7, 11) is 0. The van der Waals surface area contributed by atoms with E-state index >= 15 is 0 Å². The lowest BCUT2D eigenvalue weighted by Gasteiger charge is -2.20. The van der Waals surface area contributed by atoms with E-state index in [1.54, 1.807) is 0 Å². The number of rotatable bonds is 7. The lowest BCUT2D eigenvalue weighted by atomic mass is 10.1. The molecule has 0 radical (unpaired) electrons. The Hall–Kier alpha value is -2.51.